The van der Waals surface area contributed by atoms with Crippen molar-refractivity contribution < 1.29 is 5.11 Å². The first kappa shape index (κ1) is 12.3. The average molecular weight is 227 g/mol. The minimum atomic E-state index is 0.233. The van der Waals surface area contributed by atoms with Crippen LogP contribution in [0.1, 0.15) is 18.9 Å². The first-order valence-electron chi connectivity index (χ1n) is 5.08. The molecule has 0 aromatic carbocycles. The van der Waals surface area contributed by atoms with Crippen LogP contribution in [0.3, 0.4) is 0 Å². The molecule has 0 aliphatic rings. The Balaban J connectivity index is 2.66. The van der Waals surface area contributed by atoms with Gasteiger partial charge in [0.1, 0.15) is 17.2 Å². The van der Waals surface area contributed by atoms with E-state index in [-0.39, 0.29) is 6.61 Å². The van der Waals surface area contributed by atoms with E-state index in [1.165, 1.54) is 0 Å². The lowest BCUT2D eigenvalue weighted by atomic mass is 10.3. The van der Waals surface area contributed by atoms with E-state index in [1.807, 2.05) is 13.8 Å². The molecule has 0 fully saturated rings. The first-order chi connectivity index (χ1) is 7.29. The number of nitrogens with zero attached hydrogens (tertiary/aromatic N) is 2. The Morgan fingerprint density at radius 3 is 2.93 bits per heavy atom. The highest BCUT2D eigenvalue weighted by atomic mass is 32.2. The molecule has 0 bridgehead atoms. The molecule has 1 aromatic heterocycles. The summed E-state index contributed by atoms with van der Waals surface area (Å²) in [6.45, 7) is 5.15. The summed E-state index contributed by atoms with van der Waals surface area (Å²) < 4.78 is 0. The third-order valence-electron chi connectivity index (χ3n) is 1.92. The standard InChI is InChI=1S/C10H17N3OS/c1-3-11-9-8(2)10(13-7-12-9)15-6-4-5-14/h7,14H,3-6H2,1-2H3,(H,11,12,13). The Hall–Kier alpha value is -0.810. The molecule has 0 saturated heterocycles. The summed E-state index contributed by atoms with van der Waals surface area (Å²) in [7, 11) is 0. The van der Waals surface area contributed by atoms with Gasteiger partial charge >= 0.3 is 0 Å². The number of nitrogens with one attached hydrogen (secondary N) is 1. The summed E-state index contributed by atoms with van der Waals surface area (Å²) in [6.07, 6.45) is 2.37. The maximum Gasteiger partial charge on any atom is 0.133 e. The van der Waals surface area contributed by atoms with Gasteiger partial charge in [-0.1, -0.05) is 0 Å². The molecule has 84 valence electrons. The predicted octanol–water partition coefficient (Wildman–Crippen LogP) is 1.69. The zero-order chi connectivity index (χ0) is 11.1. The number of hydrogen-bond acceptors (Lipinski definition) is 5. The highest BCUT2D eigenvalue weighted by Crippen LogP contribution is 2.23. The smallest absolute Gasteiger partial charge is 0.133 e. The van der Waals surface area contributed by atoms with Crippen LogP contribution in [-0.2, 0) is 0 Å². The number of thioether (sulfide) groups is 1. The van der Waals surface area contributed by atoms with Crippen molar-refractivity contribution in [2.45, 2.75) is 25.3 Å². The lowest BCUT2D eigenvalue weighted by Crippen LogP contribution is -2.03. The van der Waals surface area contributed by atoms with E-state index in [2.05, 4.69) is 15.3 Å². The second-order valence-corrected chi connectivity index (χ2v) is 4.19. The van der Waals surface area contributed by atoms with Crippen molar-refractivity contribution >= 4 is 17.6 Å². The van der Waals surface area contributed by atoms with Crippen molar-refractivity contribution in [3.8, 4) is 0 Å². The SMILES string of the molecule is CCNc1ncnc(SCCCO)c1C. The molecular weight excluding hydrogens is 210 g/mol. The van der Waals surface area contributed by atoms with Crippen LogP contribution in [0, 0.1) is 6.92 Å². The monoisotopic (exact) mass is 227 g/mol. The Bertz CT molecular complexity index is 307. The van der Waals surface area contributed by atoms with Crippen LogP contribution in [0.5, 0.6) is 0 Å². The van der Waals surface area contributed by atoms with Gasteiger partial charge in [0, 0.05) is 24.5 Å². The Labute approximate surface area is 94.5 Å². The summed E-state index contributed by atoms with van der Waals surface area (Å²) in [5, 5.41) is 12.9. The van der Waals surface area contributed by atoms with Crippen molar-refractivity contribution in [2.24, 2.45) is 0 Å². The molecule has 0 unspecified atom stereocenters. The predicted molar refractivity (Wildman–Crippen MR) is 63.4 cm³/mol. The second kappa shape index (κ2) is 6.63. The third-order valence-corrected chi connectivity index (χ3v) is 3.10. The number of aliphatic hydroxyl groups excluding tert-OH is 1. The molecule has 1 rings (SSSR count). The number of rotatable bonds is 6. The van der Waals surface area contributed by atoms with E-state index in [9.17, 15) is 0 Å². The maximum atomic E-state index is 8.69. The van der Waals surface area contributed by atoms with Crippen LogP contribution in [0.2, 0.25) is 0 Å². The van der Waals surface area contributed by atoms with Crippen molar-refractivity contribution in [1.29, 1.82) is 0 Å². The zero-order valence-electron chi connectivity index (χ0n) is 9.16. The molecular formula is C10H17N3OS. The molecule has 1 aromatic rings. The summed E-state index contributed by atoms with van der Waals surface area (Å²) in [5.74, 6) is 1.79. The highest BCUT2D eigenvalue weighted by Gasteiger charge is 2.05. The van der Waals surface area contributed by atoms with Gasteiger partial charge in [0.05, 0.1) is 0 Å². The lowest BCUT2D eigenvalue weighted by Gasteiger charge is -2.09. The van der Waals surface area contributed by atoms with Crippen LogP contribution in [0.4, 0.5) is 5.82 Å². The fraction of sp³-hybridized carbons (Fsp3) is 0.600. The number of aromatic nitrogens is 2. The van der Waals surface area contributed by atoms with Crippen molar-refractivity contribution in [1.82, 2.24) is 9.97 Å². The summed E-state index contributed by atoms with van der Waals surface area (Å²) in [4.78, 5) is 8.40. The van der Waals surface area contributed by atoms with Crippen LogP contribution >= 0.6 is 11.8 Å². The van der Waals surface area contributed by atoms with Gasteiger partial charge in [-0.25, -0.2) is 9.97 Å². The van der Waals surface area contributed by atoms with E-state index in [4.69, 9.17) is 5.11 Å². The molecule has 5 heteroatoms. The minimum absolute atomic E-state index is 0.233. The number of hydrogen-bond donors (Lipinski definition) is 2. The fourth-order valence-corrected chi connectivity index (χ4v) is 2.06. The number of anilines is 1. The molecule has 0 spiro atoms. The Morgan fingerprint density at radius 1 is 1.47 bits per heavy atom. The summed E-state index contributed by atoms with van der Waals surface area (Å²) >= 11 is 1.66. The van der Waals surface area contributed by atoms with E-state index < -0.39 is 0 Å². The summed E-state index contributed by atoms with van der Waals surface area (Å²) in [5.41, 5.74) is 1.09. The molecule has 0 atom stereocenters. The van der Waals surface area contributed by atoms with E-state index in [1.54, 1.807) is 18.1 Å². The topological polar surface area (TPSA) is 58.0 Å². The van der Waals surface area contributed by atoms with Crippen LogP contribution in [0.25, 0.3) is 0 Å². The largest absolute Gasteiger partial charge is 0.396 e. The van der Waals surface area contributed by atoms with Crippen molar-refractivity contribution in [3.05, 3.63) is 11.9 Å². The van der Waals surface area contributed by atoms with Gasteiger partial charge in [-0.3, -0.25) is 0 Å². The summed E-state index contributed by atoms with van der Waals surface area (Å²) in [6, 6.07) is 0. The zero-order valence-corrected chi connectivity index (χ0v) is 9.97. The first-order valence-corrected chi connectivity index (χ1v) is 6.07. The second-order valence-electron chi connectivity index (χ2n) is 3.11. The van der Waals surface area contributed by atoms with Crippen LogP contribution in [0.15, 0.2) is 11.4 Å². The third kappa shape index (κ3) is 3.68. The van der Waals surface area contributed by atoms with Gasteiger partial charge in [0.25, 0.3) is 0 Å². The molecule has 1 heterocycles. The quantitative estimate of drug-likeness (QED) is 0.440. The molecule has 0 aliphatic carbocycles. The van der Waals surface area contributed by atoms with E-state index >= 15 is 0 Å². The van der Waals surface area contributed by atoms with Gasteiger partial charge < -0.3 is 10.4 Å². The minimum Gasteiger partial charge on any atom is -0.396 e. The molecule has 0 amide bonds. The van der Waals surface area contributed by atoms with Crippen LogP contribution in [-0.4, -0.2) is 34.0 Å². The Morgan fingerprint density at radius 2 is 2.27 bits per heavy atom. The highest BCUT2D eigenvalue weighted by molar-refractivity contribution is 7.99. The van der Waals surface area contributed by atoms with Gasteiger partial charge in [0.2, 0.25) is 0 Å². The molecule has 2 N–H and O–H groups in total. The molecule has 0 radical (unpaired) electrons. The van der Waals surface area contributed by atoms with Gasteiger partial charge in [-0.05, 0) is 20.3 Å². The molecule has 4 nitrogen and oxygen atoms in total. The average Bonchev–Trinajstić information content (AvgIpc) is 2.24. The van der Waals surface area contributed by atoms with Crippen molar-refractivity contribution in [3.63, 3.8) is 0 Å². The van der Waals surface area contributed by atoms with E-state index in [0.29, 0.717) is 0 Å². The lowest BCUT2D eigenvalue weighted by molar-refractivity contribution is 0.296. The van der Waals surface area contributed by atoms with Gasteiger partial charge in [0.15, 0.2) is 0 Å². The van der Waals surface area contributed by atoms with Crippen molar-refractivity contribution in [2.75, 3.05) is 24.2 Å². The molecule has 0 aliphatic heterocycles. The van der Waals surface area contributed by atoms with E-state index in [0.717, 1.165) is 35.1 Å². The normalized spacial score (nSPS) is 10.3. The number of aliphatic hydroxyl groups is 1. The Kier molecular flexibility index (Phi) is 5.42. The molecule has 15 heavy (non-hydrogen) atoms. The van der Waals surface area contributed by atoms with Gasteiger partial charge in [-0.2, -0.15) is 0 Å². The van der Waals surface area contributed by atoms with Gasteiger partial charge in [-0.15, -0.1) is 11.8 Å². The molecule has 0 saturated carbocycles. The maximum absolute atomic E-state index is 8.69. The van der Waals surface area contributed by atoms with Crippen LogP contribution < -0.4 is 5.32 Å². The fourth-order valence-electron chi connectivity index (χ4n) is 1.16.